The van der Waals surface area contributed by atoms with Gasteiger partial charge in [0.15, 0.2) is 5.69 Å². The van der Waals surface area contributed by atoms with Gasteiger partial charge < -0.3 is 19.5 Å². The number of carbonyl (C=O) groups is 1. The average Bonchev–Trinajstić information content (AvgIpc) is 3.12. The minimum atomic E-state index is -0.419. The van der Waals surface area contributed by atoms with Crippen LogP contribution in [0, 0.1) is 6.92 Å². The number of ether oxygens (including phenoxy) is 3. The third kappa shape index (κ3) is 3.96. The van der Waals surface area contributed by atoms with Crippen LogP contribution in [0.5, 0.6) is 11.5 Å². The van der Waals surface area contributed by atoms with E-state index < -0.39 is 5.91 Å². The number of nitrogens with zero attached hydrogens (tertiary/aromatic N) is 3. The molecule has 3 rings (SSSR count). The van der Waals surface area contributed by atoms with E-state index >= 15 is 0 Å². The standard InChI is InChI=1S/C20H22N4O4/c1-13-5-7-14(8-6-13)24-17(12-26-2)19(22-23-24)20(25)21-16-11-15(27-3)9-10-18(16)28-4/h5-11H,12H2,1-4H3,(H,21,25). The first kappa shape index (κ1) is 19.4. The van der Waals surface area contributed by atoms with Crippen LogP contribution in [0.4, 0.5) is 5.69 Å². The number of aryl methyl sites for hydroxylation is 1. The maximum absolute atomic E-state index is 12.9. The van der Waals surface area contributed by atoms with Crippen molar-refractivity contribution in [1.29, 1.82) is 0 Å². The minimum Gasteiger partial charge on any atom is -0.497 e. The largest absolute Gasteiger partial charge is 0.497 e. The average molecular weight is 382 g/mol. The first-order valence-corrected chi connectivity index (χ1v) is 8.61. The second-order valence-electron chi connectivity index (χ2n) is 6.09. The smallest absolute Gasteiger partial charge is 0.278 e. The van der Waals surface area contributed by atoms with Crippen LogP contribution in [-0.2, 0) is 11.3 Å². The van der Waals surface area contributed by atoms with E-state index in [0.29, 0.717) is 22.9 Å². The molecule has 146 valence electrons. The van der Waals surface area contributed by atoms with Gasteiger partial charge in [-0.05, 0) is 31.2 Å². The Kier molecular flexibility index (Phi) is 5.90. The number of hydrogen-bond acceptors (Lipinski definition) is 6. The molecule has 1 amide bonds. The molecule has 0 radical (unpaired) electrons. The molecule has 1 heterocycles. The maximum atomic E-state index is 12.9. The number of aromatic nitrogens is 3. The lowest BCUT2D eigenvalue weighted by atomic mass is 10.2. The fourth-order valence-electron chi connectivity index (χ4n) is 2.73. The van der Waals surface area contributed by atoms with Crippen molar-refractivity contribution < 1.29 is 19.0 Å². The van der Waals surface area contributed by atoms with E-state index in [4.69, 9.17) is 14.2 Å². The van der Waals surface area contributed by atoms with Crippen LogP contribution in [0.2, 0.25) is 0 Å². The van der Waals surface area contributed by atoms with Gasteiger partial charge in [-0.3, -0.25) is 4.79 Å². The van der Waals surface area contributed by atoms with Crippen LogP contribution in [0.1, 0.15) is 21.7 Å². The Morgan fingerprint density at radius 2 is 1.82 bits per heavy atom. The number of rotatable bonds is 7. The molecule has 0 aliphatic heterocycles. The number of nitrogens with one attached hydrogen (secondary N) is 1. The maximum Gasteiger partial charge on any atom is 0.278 e. The Hall–Kier alpha value is -3.39. The Morgan fingerprint density at radius 3 is 2.46 bits per heavy atom. The summed E-state index contributed by atoms with van der Waals surface area (Å²) in [6.45, 7) is 2.18. The zero-order valence-corrected chi connectivity index (χ0v) is 16.2. The highest BCUT2D eigenvalue weighted by molar-refractivity contribution is 6.04. The van der Waals surface area contributed by atoms with E-state index in [1.54, 1.807) is 37.1 Å². The molecule has 2 aromatic carbocycles. The summed E-state index contributed by atoms with van der Waals surface area (Å²) in [5.41, 5.74) is 3.11. The lowest BCUT2D eigenvalue weighted by Gasteiger charge is -2.12. The zero-order chi connectivity index (χ0) is 20.1. The van der Waals surface area contributed by atoms with Crippen molar-refractivity contribution in [3.8, 4) is 17.2 Å². The summed E-state index contributed by atoms with van der Waals surface area (Å²) in [7, 11) is 4.64. The summed E-state index contributed by atoms with van der Waals surface area (Å²) in [4.78, 5) is 12.9. The first-order chi connectivity index (χ1) is 13.6. The molecule has 0 fully saturated rings. The van der Waals surface area contributed by atoms with Crippen molar-refractivity contribution in [2.45, 2.75) is 13.5 Å². The Balaban J connectivity index is 1.95. The summed E-state index contributed by atoms with van der Waals surface area (Å²) < 4.78 is 17.4. The quantitative estimate of drug-likeness (QED) is 0.676. The highest BCUT2D eigenvalue weighted by atomic mass is 16.5. The lowest BCUT2D eigenvalue weighted by Crippen LogP contribution is -2.16. The summed E-state index contributed by atoms with van der Waals surface area (Å²) in [5.74, 6) is 0.682. The fraction of sp³-hybridized carbons (Fsp3) is 0.250. The molecular weight excluding hydrogens is 360 g/mol. The molecular formula is C20H22N4O4. The van der Waals surface area contributed by atoms with Gasteiger partial charge in [-0.2, -0.15) is 0 Å². The summed E-state index contributed by atoms with van der Waals surface area (Å²) in [5, 5.41) is 11.0. The van der Waals surface area contributed by atoms with E-state index in [-0.39, 0.29) is 12.3 Å². The molecule has 0 bridgehead atoms. The lowest BCUT2D eigenvalue weighted by molar-refractivity contribution is 0.101. The number of anilines is 1. The van der Waals surface area contributed by atoms with Gasteiger partial charge in [-0.1, -0.05) is 22.9 Å². The fourth-order valence-corrected chi connectivity index (χ4v) is 2.73. The number of amides is 1. The van der Waals surface area contributed by atoms with Crippen molar-refractivity contribution in [3.63, 3.8) is 0 Å². The van der Waals surface area contributed by atoms with E-state index in [0.717, 1.165) is 11.3 Å². The molecule has 0 saturated heterocycles. The number of carbonyl (C=O) groups excluding carboxylic acids is 1. The van der Waals surface area contributed by atoms with Crippen molar-refractivity contribution >= 4 is 11.6 Å². The number of hydrogen-bond donors (Lipinski definition) is 1. The Labute approximate surface area is 163 Å². The summed E-state index contributed by atoms with van der Waals surface area (Å²) in [6, 6.07) is 12.9. The highest BCUT2D eigenvalue weighted by Gasteiger charge is 2.22. The number of methoxy groups -OCH3 is 3. The molecule has 0 atom stereocenters. The number of benzene rings is 2. The van der Waals surface area contributed by atoms with Gasteiger partial charge in [0.05, 0.1) is 32.2 Å². The van der Waals surface area contributed by atoms with Crippen LogP contribution in [-0.4, -0.2) is 42.2 Å². The SMILES string of the molecule is COCc1c(C(=O)Nc2cc(OC)ccc2OC)nnn1-c1ccc(C)cc1. The third-order valence-corrected chi connectivity index (χ3v) is 4.19. The van der Waals surface area contributed by atoms with Crippen molar-refractivity contribution in [2.75, 3.05) is 26.6 Å². The van der Waals surface area contributed by atoms with Crippen molar-refractivity contribution in [1.82, 2.24) is 15.0 Å². The monoisotopic (exact) mass is 382 g/mol. The molecule has 1 aromatic heterocycles. The Bertz CT molecular complexity index is 967. The zero-order valence-electron chi connectivity index (χ0n) is 16.2. The van der Waals surface area contributed by atoms with Gasteiger partial charge >= 0.3 is 0 Å². The third-order valence-electron chi connectivity index (χ3n) is 4.19. The molecule has 0 aliphatic carbocycles. The van der Waals surface area contributed by atoms with Crippen LogP contribution in [0.25, 0.3) is 5.69 Å². The predicted molar refractivity (Wildman–Crippen MR) is 104 cm³/mol. The second-order valence-corrected chi connectivity index (χ2v) is 6.09. The van der Waals surface area contributed by atoms with Crippen LogP contribution >= 0.6 is 0 Å². The molecule has 0 aliphatic rings. The van der Waals surface area contributed by atoms with E-state index in [9.17, 15) is 4.79 Å². The predicted octanol–water partition coefficient (Wildman–Crippen LogP) is 2.99. The molecule has 8 heteroatoms. The van der Waals surface area contributed by atoms with Gasteiger partial charge in [-0.15, -0.1) is 5.10 Å². The Morgan fingerprint density at radius 1 is 1.07 bits per heavy atom. The van der Waals surface area contributed by atoms with Crippen molar-refractivity contribution in [2.24, 2.45) is 0 Å². The molecule has 0 saturated carbocycles. The highest BCUT2D eigenvalue weighted by Crippen LogP contribution is 2.29. The van der Waals surface area contributed by atoms with E-state index in [2.05, 4.69) is 15.6 Å². The molecule has 8 nitrogen and oxygen atoms in total. The molecule has 0 spiro atoms. The van der Waals surface area contributed by atoms with E-state index in [1.165, 1.54) is 7.11 Å². The van der Waals surface area contributed by atoms with Gasteiger partial charge in [0.25, 0.3) is 5.91 Å². The van der Waals surface area contributed by atoms with Gasteiger partial charge in [0.1, 0.15) is 17.2 Å². The van der Waals surface area contributed by atoms with Crippen LogP contribution in [0.3, 0.4) is 0 Å². The van der Waals surface area contributed by atoms with Gasteiger partial charge in [0.2, 0.25) is 0 Å². The van der Waals surface area contributed by atoms with Gasteiger partial charge in [-0.25, -0.2) is 4.68 Å². The first-order valence-electron chi connectivity index (χ1n) is 8.61. The second kappa shape index (κ2) is 8.53. The minimum absolute atomic E-state index is 0.173. The summed E-state index contributed by atoms with van der Waals surface area (Å²) in [6.07, 6.45) is 0. The van der Waals surface area contributed by atoms with Gasteiger partial charge in [0, 0.05) is 13.2 Å². The molecule has 3 aromatic rings. The van der Waals surface area contributed by atoms with Crippen molar-refractivity contribution in [3.05, 3.63) is 59.4 Å². The van der Waals surface area contributed by atoms with Crippen LogP contribution < -0.4 is 14.8 Å². The molecule has 1 N–H and O–H groups in total. The summed E-state index contributed by atoms with van der Waals surface area (Å²) >= 11 is 0. The molecule has 0 unspecified atom stereocenters. The van der Waals surface area contributed by atoms with E-state index in [1.807, 2.05) is 31.2 Å². The van der Waals surface area contributed by atoms with Crippen LogP contribution in [0.15, 0.2) is 42.5 Å². The molecule has 28 heavy (non-hydrogen) atoms. The topological polar surface area (TPSA) is 87.5 Å². The normalized spacial score (nSPS) is 10.6.